The topological polar surface area (TPSA) is 102 Å². The lowest BCUT2D eigenvalue weighted by atomic mass is 9.88. The smallest absolute Gasteiger partial charge is 0.262 e. The van der Waals surface area contributed by atoms with Crippen molar-refractivity contribution in [1.82, 2.24) is 20.0 Å². The highest BCUT2D eigenvalue weighted by Crippen LogP contribution is 2.39. The number of ether oxygens (including phenoxy) is 1. The van der Waals surface area contributed by atoms with E-state index in [0.717, 1.165) is 74.0 Å². The van der Waals surface area contributed by atoms with Crippen LogP contribution in [0.25, 0.3) is 11.1 Å². The zero-order valence-corrected chi connectivity index (χ0v) is 34.0. The highest BCUT2D eigenvalue weighted by Gasteiger charge is 2.47. The summed E-state index contributed by atoms with van der Waals surface area (Å²) in [6.07, 6.45) is 4.48. The molecule has 5 heterocycles. The van der Waals surface area contributed by atoms with Gasteiger partial charge < -0.3 is 9.64 Å². The van der Waals surface area contributed by atoms with E-state index in [2.05, 4.69) is 92.8 Å². The van der Waals surface area contributed by atoms with E-state index in [4.69, 9.17) is 16.3 Å². The Hall–Kier alpha value is -5.29. The summed E-state index contributed by atoms with van der Waals surface area (Å²) < 4.78 is 6.28. The minimum absolute atomic E-state index is 0.107. The third-order valence-electron chi connectivity index (χ3n) is 13.0. The molecule has 5 aliphatic heterocycles. The normalized spacial score (nSPS) is 22.8. The lowest BCUT2D eigenvalue weighted by molar-refractivity contribution is -0.136. The second-order valence-corrected chi connectivity index (χ2v) is 16.9. The quantitative estimate of drug-likeness (QED) is 0.0902. The molecule has 1 N–H and O–H groups in total. The first kappa shape index (κ1) is 39.2. The van der Waals surface area contributed by atoms with Gasteiger partial charge in [0.05, 0.1) is 11.1 Å². The number of carbonyl (C=O) groups is 4. The monoisotopic (exact) mass is 811 g/mol. The summed E-state index contributed by atoms with van der Waals surface area (Å²) in [7, 11) is 0. The number of fused-ring (bicyclic) bond motifs is 3. The minimum atomic E-state index is -0.956. The maximum atomic E-state index is 13.4. The van der Waals surface area contributed by atoms with Crippen molar-refractivity contribution < 1.29 is 23.9 Å². The SMILES string of the molecule is O=C1CCC(N2C(=O)c3ccc(N4CC5CC4CN5CC4CCN(CCOc5ccc(C(=C(CCCl)c6ccccc6)c6ccccc6)cc5)CC4)cc3C2=O)C(=O)N1. The lowest BCUT2D eigenvalue weighted by Gasteiger charge is -2.39. The van der Waals surface area contributed by atoms with Gasteiger partial charge in [-0.15, -0.1) is 11.6 Å². The van der Waals surface area contributed by atoms with Gasteiger partial charge in [-0.1, -0.05) is 72.8 Å². The van der Waals surface area contributed by atoms with Gasteiger partial charge in [-0.05, 0) is 109 Å². The number of nitrogens with one attached hydrogen (secondary N) is 1. The van der Waals surface area contributed by atoms with Crippen molar-refractivity contribution >= 4 is 52.1 Å². The van der Waals surface area contributed by atoms with Crippen molar-refractivity contribution in [1.29, 1.82) is 0 Å². The standard InChI is InChI=1S/C48H50ClN5O5/c49-22-19-40(33-7-3-1-4-8-33)45(34-9-5-2-6-10-34)35-11-14-39(15-12-35)59-26-25-51-23-20-32(21-24-51)29-52-30-38-27-37(52)31-53(38)36-13-16-41-42(28-36)48(58)54(47(41)57)43-17-18-44(55)50-46(43)56/h1-16,28,32,37-38,43H,17-27,29-31H2,(H,50,55,56). The molecular formula is C48H50ClN5O5. The third-order valence-corrected chi connectivity index (χ3v) is 13.1. The van der Waals surface area contributed by atoms with E-state index >= 15 is 0 Å². The molecule has 10 nitrogen and oxygen atoms in total. The number of carbonyl (C=O) groups excluding carboxylic acids is 4. The Balaban J connectivity index is 0.746. The number of rotatable bonds is 13. The van der Waals surface area contributed by atoms with Gasteiger partial charge >= 0.3 is 0 Å². The number of hydrogen-bond acceptors (Lipinski definition) is 8. The molecule has 0 aromatic heterocycles. The number of hydrogen-bond donors (Lipinski definition) is 1. The molecule has 4 amide bonds. The van der Waals surface area contributed by atoms with E-state index in [-0.39, 0.29) is 18.7 Å². The number of piperidine rings is 2. The molecule has 0 spiro atoms. The molecule has 4 aromatic rings. The Kier molecular flexibility index (Phi) is 11.4. The van der Waals surface area contributed by atoms with Crippen molar-refractivity contribution in [2.45, 2.75) is 56.7 Å². The van der Waals surface area contributed by atoms with Crippen LogP contribution in [-0.4, -0.2) is 108 Å². The number of piperazine rings is 1. The Morgan fingerprint density at radius 3 is 2.12 bits per heavy atom. The van der Waals surface area contributed by atoms with Crippen molar-refractivity contribution in [2.75, 3.05) is 56.7 Å². The van der Waals surface area contributed by atoms with Crippen LogP contribution in [0, 0.1) is 5.92 Å². The number of benzene rings is 4. The summed E-state index contributed by atoms with van der Waals surface area (Å²) in [5, 5.41) is 2.27. The zero-order chi connectivity index (χ0) is 40.5. The molecule has 2 bridgehead atoms. The first-order valence-electron chi connectivity index (χ1n) is 21.1. The number of nitrogens with zero attached hydrogens (tertiary/aromatic N) is 4. The van der Waals surface area contributed by atoms with Crippen molar-refractivity contribution in [3.05, 3.63) is 131 Å². The number of amides is 4. The van der Waals surface area contributed by atoms with Crippen LogP contribution in [0.2, 0.25) is 0 Å². The number of anilines is 1. The molecule has 0 saturated carbocycles. The molecule has 9 rings (SSSR count). The van der Waals surface area contributed by atoms with E-state index < -0.39 is 23.8 Å². The Morgan fingerprint density at radius 1 is 0.746 bits per heavy atom. The van der Waals surface area contributed by atoms with E-state index in [1.165, 1.54) is 35.1 Å². The average Bonchev–Trinajstić information content (AvgIpc) is 3.93. The predicted octanol–water partition coefficient (Wildman–Crippen LogP) is 6.73. The minimum Gasteiger partial charge on any atom is -0.492 e. The average molecular weight is 812 g/mol. The number of alkyl halides is 1. The van der Waals surface area contributed by atoms with Gasteiger partial charge in [-0.2, -0.15) is 0 Å². The number of allylic oxidation sites excluding steroid dienone is 1. The van der Waals surface area contributed by atoms with Crippen LogP contribution in [0.3, 0.4) is 0 Å². The molecule has 11 heteroatoms. The van der Waals surface area contributed by atoms with Gasteiger partial charge in [0.2, 0.25) is 11.8 Å². The van der Waals surface area contributed by atoms with Crippen molar-refractivity contribution in [2.24, 2.45) is 5.92 Å². The Morgan fingerprint density at radius 2 is 1.44 bits per heavy atom. The van der Waals surface area contributed by atoms with Crippen LogP contribution in [-0.2, 0) is 9.59 Å². The summed E-state index contributed by atoms with van der Waals surface area (Å²) in [4.78, 5) is 59.4. The Bertz CT molecular complexity index is 2240. The van der Waals surface area contributed by atoms with Crippen molar-refractivity contribution in [3.8, 4) is 5.75 Å². The highest BCUT2D eigenvalue weighted by atomic mass is 35.5. The number of imide groups is 2. The van der Waals surface area contributed by atoms with Crippen molar-refractivity contribution in [3.63, 3.8) is 0 Å². The summed E-state index contributed by atoms with van der Waals surface area (Å²) in [6, 6.07) is 34.9. The van der Waals surface area contributed by atoms with Crippen LogP contribution < -0.4 is 15.0 Å². The fourth-order valence-electron chi connectivity index (χ4n) is 9.93. The zero-order valence-electron chi connectivity index (χ0n) is 33.2. The summed E-state index contributed by atoms with van der Waals surface area (Å²) in [5.74, 6) is 0.198. The highest BCUT2D eigenvalue weighted by molar-refractivity contribution is 6.23. The van der Waals surface area contributed by atoms with Gasteiger partial charge in [0, 0.05) is 56.3 Å². The lowest BCUT2D eigenvalue weighted by Crippen LogP contribution is -2.54. The van der Waals surface area contributed by atoms with Gasteiger partial charge in [-0.3, -0.25) is 39.2 Å². The van der Waals surface area contributed by atoms with Gasteiger partial charge in [0.1, 0.15) is 18.4 Å². The fraction of sp³-hybridized carbons (Fsp3) is 0.375. The first-order chi connectivity index (χ1) is 28.8. The molecule has 4 saturated heterocycles. The van der Waals surface area contributed by atoms with Gasteiger partial charge in [0.15, 0.2) is 0 Å². The number of halogens is 1. The summed E-state index contributed by atoms with van der Waals surface area (Å²) >= 11 is 6.35. The van der Waals surface area contributed by atoms with E-state index in [9.17, 15) is 19.2 Å². The van der Waals surface area contributed by atoms with Crippen LogP contribution in [0.4, 0.5) is 5.69 Å². The predicted molar refractivity (Wildman–Crippen MR) is 229 cm³/mol. The maximum absolute atomic E-state index is 13.4. The molecule has 0 aliphatic carbocycles. The molecule has 4 aromatic carbocycles. The molecule has 3 unspecified atom stereocenters. The van der Waals surface area contributed by atoms with Crippen LogP contribution in [0.5, 0.6) is 5.75 Å². The van der Waals surface area contributed by atoms with Gasteiger partial charge in [-0.25, -0.2) is 0 Å². The molecule has 3 atom stereocenters. The second kappa shape index (κ2) is 17.1. The Labute approximate surface area is 350 Å². The largest absolute Gasteiger partial charge is 0.492 e. The third kappa shape index (κ3) is 8.06. The van der Waals surface area contributed by atoms with Crippen LogP contribution in [0.15, 0.2) is 103 Å². The summed E-state index contributed by atoms with van der Waals surface area (Å²) in [6.45, 7) is 6.70. The molecule has 304 valence electrons. The molecule has 5 aliphatic rings. The molecule has 59 heavy (non-hydrogen) atoms. The maximum Gasteiger partial charge on any atom is 0.262 e. The second-order valence-electron chi connectivity index (χ2n) is 16.5. The fourth-order valence-corrected chi connectivity index (χ4v) is 10.1. The number of likely N-dealkylation sites (tertiary alicyclic amines) is 2. The van der Waals surface area contributed by atoms with E-state index in [0.29, 0.717) is 41.6 Å². The van der Waals surface area contributed by atoms with E-state index in [1.54, 1.807) is 6.07 Å². The molecular weight excluding hydrogens is 762 g/mol. The van der Waals surface area contributed by atoms with Crippen LogP contribution in [0.1, 0.15) is 75.9 Å². The van der Waals surface area contributed by atoms with Crippen LogP contribution >= 0.6 is 11.6 Å². The summed E-state index contributed by atoms with van der Waals surface area (Å²) in [5.41, 5.74) is 7.54. The first-order valence-corrected chi connectivity index (χ1v) is 21.6. The van der Waals surface area contributed by atoms with E-state index in [1.807, 2.05) is 24.3 Å². The molecule has 4 fully saturated rings. The molecule has 0 radical (unpaired) electrons. The van der Waals surface area contributed by atoms with Gasteiger partial charge in [0.25, 0.3) is 11.8 Å².